The Morgan fingerprint density at radius 1 is 1.32 bits per heavy atom. The number of nitrogens with zero attached hydrogens (tertiary/aromatic N) is 1. The maximum absolute atomic E-state index is 12.3. The molecule has 5 heteroatoms. The monoisotopic (exact) mass is 268 g/mol. The number of amides is 1. The summed E-state index contributed by atoms with van der Waals surface area (Å²) in [6.07, 6.45) is 4.96. The summed E-state index contributed by atoms with van der Waals surface area (Å²) in [5.74, 6) is -0.548. The van der Waals surface area contributed by atoms with Gasteiger partial charge < -0.3 is 15.3 Å². The third-order valence-corrected chi connectivity index (χ3v) is 4.77. The summed E-state index contributed by atoms with van der Waals surface area (Å²) in [4.78, 5) is 25.6. The van der Waals surface area contributed by atoms with Crippen LogP contribution in [0.1, 0.15) is 45.4 Å². The zero-order valence-electron chi connectivity index (χ0n) is 11.7. The van der Waals surface area contributed by atoms with Crippen molar-refractivity contribution < 1.29 is 14.7 Å². The Morgan fingerprint density at radius 3 is 2.47 bits per heavy atom. The first kappa shape index (κ1) is 14.3. The van der Waals surface area contributed by atoms with Gasteiger partial charge in [0.05, 0.1) is 11.5 Å². The Balaban J connectivity index is 1.92. The van der Waals surface area contributed by atoms with Crippen molar-refractivity contribution in [2.24, 2.45) is 5.41 Å². The molecule has 2 aliphatic rings. The van der Waals surface area contributed by atoms with Gasteiger partial charge in [-0.15, -0.1) is 0 Å². The van der Waals surface area contributed by atoms with E-state index in [1.54, 1.807) is 0 Å². The van der Waals surface area contributed by atoms with Crippen LogP contribution < -0.4 is 5.32 Å². The quantitative estimate of drug-likeness (QED) is 0.808. The summed E-state index contributed by atoms with van der Waals surface area (Å²) in [7, 11) is 0. The molecule has 0 aromatic heterocycles. The summed E-state index contributed by atoms with van der Waals surface area (Å²) in [5.41, 5.74) is -0.614. The lowest BCUT2D eigenvalue weighted by atomic mass is 9.76. The largest absolute Gasteiger partial charge is 0.481 e. The van der Waals surface area contributed by atoms with Gasteiger partial charge in [0.25, 0.3) is 0 Å². The van der Waals surface area contributed by atoms with Gasteiger partial charge in [-0.25, -0.2) is 0 Å². The van der Waals surface area contributed by atoms with E-state index < -0.39 is 11.4 Å². The predicted molar refractivity (Wildman–Crippen MR) is 71.8 cm³/mol. The number of hydrogen-bond acceptors (Lipinski definition) is 3. The lowest BCUT2D eigenvalue weighted by molar-refractivity contribution is -0.155. The van der Waals surface area contributed by atoms with Crippen molar-refractivity contribution in [3.63, 3.8) is 0 Å². The number of hydrogen-bond donors (Lipinski definition) is 2. The number of carboxylic acids is 1. The highest BCUT2D eigenvalue weighted by molar-refractivity contribution is 5.82. The lowest BCUT2D eigenvalue weighted by Crippen LogP contribution is -2.53. The molecular weight excluding hydrogens is 244 g/mol. The Labute approximate surface area is 114 Å². The Hall–Kier alpha value is -1.10. The average molecular weight is 268 g/mol. The van der Waals surface area contributed by atoms with Crippen LogP contribution in [0.15, 0.2) is 0 Å². The molecule has 0 aromatic rings. The number of rotatable bonds is 3. The summed E-state index contributed by atoms with van der Waals surface area (Å²) in [6.45, 7) is 4.00. The van der Waals surface area contributed by atoms with Crippen LogP contribution >= 0.6 is 0 Å². The molecule has 0 bridgehead atoms. The third-order valence-electron chi connectivity index (χ3n) is 4.77. The molecule has 108 valence electrons. The second-order valence-corrected chi connectivity index (χ2v) is 5.77. The topological polar surface area (TPSA) is 69.6 Å². The second-order valence-electron chi connectivity index (χ2n) is 5.77. The molecule has 0 radical (unpaired) electrons. The number of carbonyl (C=O) groups is 2. The van der Waals surface area contributed by atoms with E-state index in [4.69, 9.17) is 0 Å². The molecule has 1 amide bonds. The second kappa shape index (κ2) is 5.90. The molecule has 19 heavy (non-hydrogen) atoms. The van der Waals surface area contributed by atoms with Crippen LogP contribution in [0.25, 0.3) is 0 Å². The van der Waals surface area contributed by atoms with Gasteiger partial charge in [0.15, 0.2) is 0 Å². The van der Waals surface area contributed by atoms with Crippen molar-refractivity contribution in [2.75, 3.05) is 19.6 Å². The Morgan fingerprint density at radius 2 is 2.00 bits per heavy atom. The molecule has 0 saturated carbocycles. The van der Waals surface area contributed by atoms with E-state index >= 15 is 0 Å². The average Bonchev–Trinajstić information content (AvgIpc) is 2.47. The van der Waals surface area contributed by atoms with Crippen LogP contribution in [0.3, 0.4) is 0 Å². The fourth-order valence-electron chi connectivity index (χ4n) is 3.16. The molecule has 2 N–H and O–H groups in total. The smallest absolute Gasteiger partial charge is 0.309 e. The highest BCUT2D eigenvalue weighted by Gasteiger charge is 2.41. The first-order chi connectivity index (χ1) is 9.09. The number of carboxylic acid groups (broad SMARTS) is 1. The van der Waals surface area contributed by atoms with Gasteiger partial charge in [0.1, 0.15) is 0 Å². The van der Waals surface area contributed by atoms with Crippen molar-refractivity contribution in [1.82, 2.24) is 10.2 Å². The fourth-order valence-corrected chi connectivity index (χ4v) is 3.16. The maximum atomic E-state index is 12.3. The molecular formula is C14H24N2O3. The number of carbonyl (C=O) groups excluding carboxylic acids is 1. The minimum absolute atomic E-state index is 0.0484. The first-order valence-corrected chi connectivity index (χ1v) is 7.34. The van der Waals surface area contributed by atoms with Crippen LogP contribution in [0.2, 0.25) is 0 Å². The molecule has 2 heterocycles. The van der Waals surface area contributed by atoms with Gasteiger partial charge in [-0.05, 0) is 38.6 Å². The Kier molecular flexibility index (Phi) is 4.45. The predicted octanol–water partition coefficient (Wildman–Crippen LogP) is 1.23. The van der Waals surface area contributed by atoms with E-state index in [2.05, 4.69) is 5.32 Å². The van der Waals surface area contributed by atoms with Gasteiger partial charge >= 0.3 is 5.97 Å². The number of nitrogens with one attached hydrogen (secondary N) is 1. The van der Waals surface area contributed by atoms with Crippen molar-refractivity contribution in [3.05, 3.63) is 0 Å². The van der Waals surface area contributed by atoms with Gasteiger partial charge in [-0.1, -0.05) is 13.3 Å². The normalized spacial score (nSPS) is 27.0. The number of likely N-dealkylation sites (tertiary alicyclic amines) is 1. The first-order valence-electron chi connectivity index (χ1n) is 7.34. The summed E-state index contributed by atoms with van der Waals surface area (Å²) in [6, 6.07) is -0.0484. The maximum Gasteiger partial charge on any atom is 0.309 e. The van der Waals surface area contributed by atoms with Crippen molar-refractivity contribution in [2.45, 2.75) is 51.5 Å². The molecule has 5 nitrogen and oxygen atoms in total. The van der Waals surface area contributed by atoms with Crippen LogP contribution in [-0.2, 0) is 9.59 Å². The van der Waals surface area contributed by atoms with Gasteiger partial charge in [0.2, 0.25) is 5.91 Å². The molecule has 0 aliphatic carbocycles. The van der Waals surface area contributed by atoms with Crippen molar-refractivity contribution >= 4 is 11.9 Å². The SMILES string of the molecule is CCC1(C(=O)O)CCN(C(=O)[C@H]2CCCCN2)CC1. The van der Waals surface area contributed by atoms with Crippen molar-refractivity contribution in [3.8, 4) is 0 Å². The van der Waals surface area contributed by atoms with Crippen LogP contribution in [-0.4, -0.2) is 47.6 Å². The minimum Gasteiger partial charge on any atom is -0.481 e. The molecule has 1 atom stereocenters. The zero-order valence-corrected chi connectivity index (χ0v) is 11.7. The van der Waals surface area contributed by atoms with Crippen LogP contribution in [0.5, 0.6) is 0 Å². The van der Waals surface area contributed by atoms with E-state index in [1.807, 2.05) is 11.8 Å². The molecule has 2 rings (SSSR count). The lowest BCUT2D eigenvalue weighted by Gasteiger charge is -2.40. The van der Waals surface area contributed by atoms with E-state index in [0.29, 0.717) is 32.4 Å². The van der Waals surface area contributed by atoms with E-state index in [-0.39, 0.29) is 11.9 Å². The molecule has 0 aromatic carbocycles. The number of piperidine rings is 2. The highest BCUT2D eigenvalue weighted by Crippen LogP contribution is 2.35. The van der Waals surface area contributed by atoms with E-state index in [1.165, 1.54) is 0 Å². The van der Waals surface area contributed by atoms with E-state index in [0.717, 1.165) is 25.8 Å². The van der Waals surface area contributed by atoms with E-state index in [9.17, 15) is 14.7 Å². The highest BCUT2D eigenvalue weighted by atomic mass is 16.4. The Bertz CT molecular complexity index is 343. The summed E-state index contributed by atoms with van der Waals surface area (Å²) >= 11 is 0. The molecule has 2 saturated heterocycles. The van der Waals surface area contributed by atoms with Crippen molar-refractivity contribution in [1.29, 1.82) is 0 Å². The molecule has 2 fully saturated rings. The summed E-state index contributed by atoms with van der Waals surface area (Å²) in [5, 5.41) is 12.6. The minimum atomic E-state index is -0.710. The van der Waals surface area contributed by atoms with Gasteiger partial charge in [-0.2, -0.15) is 0 Å². The number of aliphatic carboxylic acids is 1. The molecule has 0 spiro atoms. The van der Waals surface area contributed by atoms with Gasteiger partial charge in [0, 0.05) is 13.1 Å². The zero-order chi connectivity index (χ0) is 13.9. The van der Waals surface area contributed by atoms with Crippen LogP contribution in [0, 0.1) is 5.41 Å². The molecule has 2 aliphatic heterocycles. The molecule has 0 unspecified atom stereocenters. The van der Waals surface area contributed by atoms with Crippen LogP contribution in [0.4, 0.5) is 0 Å². The summed E-state index contributed by atoms with van der Waals surface area (Å²) < 4.78 is 0. The fraction of sp³-hybridized carbons (Fsp3) is 0.857. The van der Waals surface area contributed by atoms with Gasteiger partial charge in [-0.3, -0.25) is 9.59 Å². The standard InChI is InChI=1S/C14H24N2O3/c1-2-14(13(18)19)6-9-16(10-7-14)12(17)11-5-3-4-8-15-11/h11,15H,2-10H2,1H3,(H,18,19)/t11-/m1/s1. The third kappa shape index (κ3) is 2.91.